The van der Waals surface area contributed by atoms with Gasteiger partial charge in [-0.2, -0.15) is 0 Å². The van der Waals surface area contributed by atoms with Crippen LogP contribution in [0.4, 0.5) is 4.79 Å². The molecule has 0 bridgehead atoms. The van der Waals surface area contributed by atoms with Crippen molar-refractivity contribution in [1.82, 2.24) is 4.90 Å². The Labute approximate surface area is 224 Å². The lowest BCUT2D eigenvalue weighted by Gasteiger charge is -2.38. The zero-order valence-electron chi connectivity index (χ0n) is 23.0. The van der Waals surface area contributed by atoms with E-state index in [1.54, 1.807) is 7.05 Å². The van der Waals surface area contributed by atoms with Crippen LogP contribution < -0.4 is 0 Å². The molecule has 4 atom stereocenters. The topological polar surface area (TPSA) is 102 Å². The molecule has 0 radical (unpaired) electrons. The molecule has 8 heteroatoms. The normalized spacial score (nSPS) is 15.7. The maximum Gasteiger partial charge on any atom is 0.508 e. The van der Waals surface area contributed by atoms with Crippen LogP contribution in [0.1, 0.15) is 57.6 Å². The zero-order valence-corrected chi connectivity index (χ0v) is 23.0. The summed E-state index contributed by atoms with van der Waals surface area (Å²) in [5, 5.41) is 9.16. The van der Waals surface area contributed by atoms with Crippen LogP contribution in [-0.4, -0.2) is 61.1 Å². The van der Waals surface area contributed by atoms with Crippen LogP contribution in [0.3, 0.4) is 0 Å². The summed E-state index contributed by atoms with van der Waals surface area (Å²) < 4.78 is 16.0. The lowest BCUT2D eigenvalue weighted by atomic mass is 9.89. The van der Waals surface area contributed by atoms with Crippen LogP contribution in [0.5, 0.6) is 0 Å². The number of benzene rings is 2. The van der Waals surface area contributed by atoms with Crippen molar-refractivity contribution in [2.24, 2.45) is 17.8 Å². The van der Waals surface area contributed by atoms with Crippen LogP contribution in [0.2, 0.25) is 0 Å². The highest BCUT2D eigenvalue weighted by Gasteiger charge is 2.39. The minimum absolute atomic E-state index is 0.0624. The third-order valence-electron chi connectivity index (χ3n) is 7.63. The first kappa shape index (κ1) is 29.2. The number of amides is 1. The minimum atomic E-state index is -1.48. The fourth-order valence-electron chi connectivity index (χ4n) is 5.30. The lowest BCUT2D eigenvalue weighted by molar-refractivity contribution is -0.167. The second kappa shape index (κ2) is 12.9. The van der Waals surface area contributed by atoms with E-state index in [-0.39, 0.29) is 36.7 Å². The summed E-state index contributed by atoms with van der Waals surface area (Å²) in [7, 11) is 2.95. The van der Waals surface area contributed by atoms with Gasteiger partial charge in [0.15, 0.2) is 0 Å². The molecule has 1 N–H and O–H groups in total. The molecule has 0 unspecified atom stereocenters. The maximum absolute atomic E-state index is 13.6. The van der Waals surface area contributed by atoms with Crippen LogP contribution in [0.25, 0.3) is 11.1 Å². The number of hydrogen-bond donors (Lipinski definition) is 1. The van der Waals surface area contributed by atoms with E-state index in [0.29, 0.717) is 6.42 Å². The number of carboxylic acid groups (broad SMARTS) is 1. The molecule has 3 rings (SSSR count). The number of ether oxygens (including phenoxy) is 3. The molecule has 8 nitrogen and oxygen atoms in total. The highest BCUT2D eigenvalue weighted by Crippen LogP contribution is 2.44. The van der Waals surface area contributed by atoms with Gasteiger partial charge in [0.25, 0.3) is 0 Å². The fourth-order valence-corrected chi connectivity index (χ4v) is 5.30. The van der Waals surface area contributed by atoms with Crippen LogP contribution in [0.15, 0.2) is 48.5 Å². The van der Waals surface area contributed by atoms with Crippen molar-refractivity contribution in [3.8, 4) is 11.1 Å². The molecule has 0 aliphatic heterocycles. The molecule has 206 valence electrons. The summed E-state index contributed by atoms with van der Waals surface area (Å²) in [4.78, 5) is 39.4. The summed E-state index contributed by atoms with van der Waals surface area (Å²) in [6, 6.07) is 15.6. The quantitative estimate of drug-likeness (QED) is 0.286. The number of esters is 1. The van der Waals surface area contributed by atoms with Crippen molar-refractivity contribution in [2.75, 3.05) is 20.8 Å². The number of carbonyl (C=O) groups is 3. The minimum Gasteiger partial charge on any atom is -0.465 e. The van der Waals surface area contributed by atoms with Gasteiger partial charge in [0.2, 0.25) is 12.2 Å². The van der Waals surface area contributed by atoms with Gasteiger partial charge in [-0.15, -0.1) is 0 Å². The Morgan fingerprint density at radius 1 is 0.974 bits per heavy atom. The monoisotopic (exact) mass is 525 g/mol. The number of nitrogens with zero attached hydrogens (tertiary/aromatic N) is 1. The van der Waals surface area contributed by atoms with Gasteiger partial charge in [-0.05, 0) is 34.1 Å². The van der Waals surface area contributed by atoms with E-state index in [0.717, 1.165) is 22.3 Å². The Kier molecular flexibility index (Phi) is 9.91. The van der Waals surface area contributed by atoms with Crippen LogP contribution >= 0.6 is 0 Å². The van der Waals surface area contributed by atoms with Crippen LogP contribution in [-0.2, 0) is 23.8 Å². The van der Waals surface area contributed by atoms with E-state index in [1.807, 2.05) is 52.0 Å². The first-order chi connectivity index (χ1) is 18.1. The van der Waals surface area contributed by atoms with Gasteiger partial charge in [-0.3, -0.25) is 9.59 Å². The van der Waals surface area contributed by atoms with E-state index in [1.165, 1.54) is 12.0 Å². The first-order valence-electron chi connectivity index (χ1n) is 13.1. The molecule has 1 aliphatic carbocycles. The van der Waals surface area contributed by atoms with Crippen molar-refractivity contribution < 1.29 is 33.7 Å². The highest BCUT2D eigenvalue weighted by molar-refractivity contribution is 5.84. The second-order valence-electron chi connectivity index (χ2n) is 10.3. The number of methoxy groups -OCH3 is 1. The molecule has 0 aromatic heterocycles. The summed E-state index contributed by atoms with van der Waals surface area (Å²) in [6.45, 7) is 7.80. The van der Waals surface area contributed by atoms with Crippen molar-refractivity contribution in [3.05, 3.63) is 59.7 Å². The Morgan fingerprint density at radius 3 is 2.00 bits per heavy atom. The Balaban J connectivity index is 1.73. The lowest BCUT2D eigenvalue weighted by Crippen LogP contribution is -2.53. The van der Waals surface area contributed by atoms with Gasteiger partial charge in [0, 0.05) is 20.1 Å². The maximum atomic E-state index is 13.6. The highest BCUT2D eigenvalue weighted by atomic mass is 16.8. The molecule has 0 saturated carbocycles. The van der Waals surface area contributed by atoms with Crippen molar-refractivity contribution in [2.45, 2.75) is 58.8 Å². The Morgan fingerprint density at radius 2 is 1.53 bits per heavy atom. The van der Waals surface area contributed by atoms with Crippen molar-refractivity contribution in [3.63, 3.8) is 0 Å². The SMILES string of the molecule is CC[C@H](C)[C@@H]([C@H](OC)OC(=O)O)N(C)C(=O)[C@@H](CC(=O)OCC1c2ccccc2-c2ccccc21)C(C)C. The average molecular weight is 526 g/mol. The smallest absolute Gasteiger partial charge is 0.465 e. The van der Waals surface area contributed by atoms with Gasteiger partial charge in [-0.25, -0.2) is 4.79 Å². The predicted octanol–water partition coefficient (Wildman–Crippen LogP) is 5.54. The standard InChI is InChI=1S/C30H39NO7/c1-7-19(4)27(29(36-6)38-30(34)35)31(5)28(33)24(18(2)3)16-26(32)37-17-25-22-14-10-8-12-20(22)21-13-9-11-15-23(21)25/h8-15,18-19,24-25,27,29H,7,16-17H2,1-6H3,(H,34,35)/t19-,24-,27-,29+/m0/s1. The molecule has 1 amide bonds. The van der Waals surface area contributed by atoms with Crippen molar-refractivity contribution >= 4 is 18.0 Å². The molecule has 38 heavy (non-hydrogen) atoms. The Hall–Kier alpha value is -3.39. The fraction of sp³-hybridized carbons (Fsp3) is 0.500. The molecule has 0 saturated heterocycles. The van der Waals surface area contributed by atoms with Gasteiger partial charge in [0.05, 0.1) is 18.4 Å². The summed E-state index contributed by atoms with van der Waals surface area (Å²) in [5.41, 5.74) is 4.54. The van der Waals surface area contributed by atoms with Crippen molar-refractivity contribution in [1.29, 1.82) is 0 Å². The number of rotatable bonds is 12. The average Bonchev–Trinajstić information content (AvgIpc) is 3.22. The van der Waals surface area contributed by atoms with Gasteiger partial charge in [0.1, 0.15) is 6.61 Å². The first-order valence-corrected chi connectivity index (χ1v) is 13.1. The number of fused-ring (bicyclic) bond motifs is 3. The van der Waals surface area contributed by atoms with E-state index in [9.17, 15) is 14.4 Å². The molecule has 1 aliphatic rings. The van der Waals surface area contributed by atoms with Gasteiger partial charge >= 0.3 is 12.1 Å². The summed E-state index contributed by atoms with van der Waals surface area (Å²) >= 11 is 0. The van der Waals surface area contributed by atoms with E-state index in [2.05, 4.69) is 24.3 Å². The molecule has 0 fully saturated rings. The summed E-state index contributed by atoms with van der Waals surface area (Å²) in [5.74, 6) is -1.70. The number of carbonyl (C=O) groups excluding carboxylic acids is 2. The van der Waals surface area contributed by atoms with Gasteiger partial charge < -0.3 is 24.2 Å². The molecular formula is C30H39NO7. The number of likely N-dealkylation sites (N-methyl/N-ethyl adjacent to an activating group) is 1. The van der Waals surface area contributed by atoms with Gasteiger partial charge in [-0.1, -0.05) is 82.6 Å². The predicted molar refractivity (Wildman–Crippen MR) is 144 cm³/mol. The molecule has 0 heterocycles. The third kappa shape index (κ3) is 6.35. The zero-order chi connectivity index (χ0) is 28.0. The summed E-state index contributed by atoms with van der Waals surface area (Å²) in [6.07, 6.45) is -2.05. The van der Waals surface area contributed by atoms with E-state index in [4.69, 9.17) is 19.3 Å². The second-order valence-corrected chi connectivity index (χ2v) is 10.3. The molecule has 2 aromatic carbocycles. The molecule has 0 spiro atoms. The molecule has 2 aromatic rings. The van der Waals surface area contributed by atoms with Crippen LogP contribution in [0, 0.1) is 17.8 Å². The third-order valence-corrected chi connectivity index (χ3v) is 7.63. The number of hydrogen-bond acceptors (Lipinski definition) is 6. The van der Waals surface area contributed by atoms with E-state index < -0.39 is 30.4 Å². The van der Waals surface area contributed by atoms with E-state index >= 15 is 0 Å². The Bertz CT molecular complexity index is 1090. The largest absolute Gasteiger partial charge is 0.508 e. The molecular weight excluding hydrogens is 486 g/mol.